The number of ether oxygens (including phenoxy) is 1. The Hall–Kier alpha value is -0.120. The molecular weight excluding hydrogens is 248 g/mol. The summed E-state index contributed by atoms with van der Waals surface area (Å²) >= 11 is 0. The van der Waals surface area contributed by atoms with Crippen LogP contribution in [-0.4, -0.2) is 49.3 Å². The van der Waals surface area contributed by atoms with Gasteiger partial charge in [0.15, 0.2) is 0 Å². The quantitative estimate of drug-likeness (QED) is 0.776. The van der Waals surface area contributed by atoms with Crippen molar-refractivity contribution >= 4 is 0 Å². The van der Waals surface area contributed by atoms with E-state index in [0.29, 0.717) is 12.1 Å². The summed E-state index contributed by atoms with van der Waals surface area (Å²) in [6.07, 6.45) is 10.8. The van der Waals surface area contributed by atoms with Gasteiger partial charge in [-0.3, -0.25) is 0 Å². The maximum Gasteiger partial charge on any atom is 0.0589 e. The molecule has 2 unspecified atom stereocenters. The van der Waals surface area contributed by atoms with Gasteiger partial charge in [0.2, 0.25) is 0 Å². The lowest BCUT2D eigenvalue weighted by Gasteiger charge is -2.37. The summed E-state index contributed by atoms with van der Waals surface area (Å²) in [6.45, 7) is 9.38. The van der Waals surface area contributed by atoms with E-state index in [9.17, 15) is 0 Å². The Morgan fingerprint density at radius 2 is 1.85 bits per heavy atom. The maximum absolute atomic E-state index is 5.85. The SMILES string of the molecule is CCCCN1CCC(NC2CCOC(CCC)C2)CC1. The van der Waals surface area contributed by atoms with Crippen LogP contribution >= 0.6 is 0 Å². The summed E-state index contributed by atoms with van der Waals surface area (Å²) < 4.78 is 5.85. The molecule has 0 aromatic heterocycles. The van der Waals surface area contributed by atoms with E-state index >= 15 is 0 Å². The molecule has 2 rings (SSSR count). The monoisotopic (exact) mass is 282 g/mol. The number of piperidine rings is 1. The average Bonchev–Trinajstić information content (AvgIpc) is 2.47. The maximum atomic E-state index is 5.85. The molecule has 3 nitrogen and oxygen atoms in total. The van der Waals surface area contributed by atoms with Crippen molar-refractivity contribution in [2.75, 3.05) is 26.2 Å². The summed E-state index contributed by atoms with van der Waals surface area (Å²) in [5.74, 6) is 0. The first-order chi connectivity index (χ1) is 9.81. The van der Waals surface area contributed by atoms with Gasteiger partial charge in [-0.2, -0.15) is 0 Å². The van der Waals surface area contributed by atoms with Crippen molar-refractivity contribution < 1.29 is 4.74 Å². The zero-order chi connectivity index (χ0) is 14.2. The second-order valence-electron chi connectivity index (χ2n) is 6.64. The molecule has 20 heavy (non-hydrogen) atoms. The number of rotatable bonds is 7. The minimum absolute atomic E-state index is 0.510. The van der Waals surface area contributed by atoms with Gasteiger partial charge >= 0.3 is 0 Å². The van der Waals surface area contributed by atoms with E-state index in [1.165, 1.54) is 71.0 Å². The Labute approximate surface area is 125 Å². The zero-order valence-corrected chi connectivity index (χ0v) is 13.6. The Morgan fingerprint density at radius 3 is 2.55 bits per heavy atom. The van der Waals surface area contributed by atoms with Crippen molar-refractivity contribution in [2.45, 2.75) is 83.4 Å². The molecule has 2 aliphatic heterocycles. The minimum atomic E-state index is 0.510. The number of nitrogens with one attached hydrogen (secondary N) is 1. The average molecular weight is 282 g/mol. The zero-order valence-electron chi connectivity index (χ0n) is 13.6. The molecule has 0 bridgehead atoms. The fraction of sp³-hybridized carbons (Fsp3) is 1.00. The fourth-order valence-electron chi connectivity index (χ4n) is 3.59. The minimum Gasteiger partial charge on any atom is -0.378 e. The van der Waals surface area contributed by atoms with E-state index < -0.39 is 0 Å². The first-order valence-electron chi connectivity index (χ1n) is 8.91. The molecule has 0 aromatic carbocycles. The van der Waals surface area contributed by atoms with Crippen LogP contribution in [0.25, 0.3) is 0 Å². The van der Waals surface area contributed by atoms with Gasteiger partial charge in [-0.05, 0) is 58.2 Å². The molecule has 1 N–H and O–H groups in total. The van der Waals surface area contributed by atoms with Crippen LogP contribution in [0.3, 0.4) is 0 Å². The van der Waals surface area contributed by atoms with Gasteiger partial charge in [-0.15, -0.1) is 0 Å². The van der Waals surface area contributed by atoms with Crippen LogP contribution in [0.2, 0.25) is 0 Å². The van der Waals surface area contributed by atoms with Crippen LogP contribution in [0.1, 0.15) is 65.2 Å². The van der Waals surface area contributed by atoms with Crippen LogP contribution in [0.15, 0.2) is 0 Å². The van der Waals surface area contributed by atoms with Crippen molar-refractivity contribution in [3.63, 3.8) is 0 Å². The molecule has 0 aromatic rings. The normalized spacial score (nSPS) is 29.7. The molecule has 118 valence electrons. The van der Waals surface area contributed by atoms with Gasteiger partial charge in [0.1, 0.15) is 0 Å². The second-order valence-corrected chi connectivity index (χ2v) is 6.64. The second kappa shape index (κ2) is 9.01. The van der Waals surface area contributed by atoms with Crippen molar-refractivity contribution in [2.24, 2.45) is 0 Å². The van der Waals surface area contributed by atoms with Crippen LogP contribution in [0.4, 0.5) is 0 Å². The van der Waals surface area contributed by atoms with Crippen molar-refractivity contribution in [3.05, 3.63) is 0 Å². The molecule has 0 amide bonds. The number of hydrogen-bond donors (Lipinski definition) is 1. The van der Waals surface area contributed by atoms with Gasteiger partial charge in [0, 0.05) is 18.7 Å². The fourth-order valence-corrected chi connectivity index (χ4v) is 3.59. The summed E-state index contributed by atoms with van der Waals surface area (Å²) in [5, 5.41) is 3.92. The highest BCUT2D eigenvalue weighted by Crippen LogP contribution is 2.20. The van der Waals surface area contributed by atoms with E-state index in [-0.39, 0.29) is 0 Å². The Morgan fingerprint density at radius 1 is 1.05 bits per heavy atom. The van der Waals surface area contributed by atoms with Crippen molar-refractivity contribution in [1.29, 1.82) is 0 Å². The van der Waals surface area contributed by atoms with E-state index in [2.05, 4.69) is 24.1 Å². The van der Waals surface area contributed by atoms with Gasteiger partial charge in [-0.25, -0.2) is 0 Å². The molecule has 2 saturated heterocycles. The Balaban J connectivity index is 1.64. The number of hydrogen-bond acceptors (Lipinski definition) is 3. The highest BCUT2D eigenvalue weighted by atomic mass is 16.5. The lowest BCUT2D eigenvalue weighted by molar-refractivity contribution is -0.00646. The largest absolute Gasteiger partial charge is 0.378 e. The first kappa shape index (κ1) is 16.3. The number of likely N-dealkylation sites (tertiary alicyclic amines) is 1. The highest BCUT2D eigenvalue weighted by Gasteiger charge is 2.26. The molecule has 0 saturated carbocycles. The Bertz CT molecular complexity index is 249. The van der Waals surface area contributed by atoms with Crippen LogP contribution in [0, 0.1) is 0 Å². The molecule has 2 aliphatic rings. The predicted molar refractivity (Wildman–Crippen MR) is 85.2 cm³/mol. The van der Waals surface area contributed by atoms with Gasteiger partial charge in [0.05, 0.1) is 6.10 Å². The van der Waals surface area contributed by atoms with Gasteiger partial charge in [-0.1, -0.05) is 26.7 Å². The molecular formula is C17H34N2O. The standard InChI is InChI=1S/C17H34N2O/c1-3-5-10-19-11-7-15(8-12-19)18-16-9-13-20-17(14-16)6-4-2/h15-18H,3-14H2,1-2H3. The Kier molecular flexibility index (Phi) is 7.32. The molecule has 0 spiro atoms. The third kappa shape index (κ3) is 5.34. The van der Waals surface area contributed by atoms with Gasteiger partial charge in [0.25, 0.3) is 0 Å². The van der Waals surface area contributed by atoms with Crippen molar-refractivity contribution in [1.82, 2.24) is 10.2 Å². The molecule has 3 heteroatoms. The first-order valence-corrected chi connectivity index (χ1v) is 8.91. The van der Waals surface area contributed by atoms with E-state index in [1.54, 1.807) is 0 Å². The van der Waals surface area contributed by atoms with Gasteiger partial charge < -0.3 is 15.0 Å². The lowest BCUT2D eigenvalue weighted by atomic mass is 9.97. The van der Waals surface area contributed by atoms with E-state index in [0.717, 1.165) is 12.6 Å². The van der Waals surface area contributed by atoms with E-state index in [4.69, 9.17) is 4.74 Å². The van der Waals surface area contributed by atoms with Crippen LogP contribution in [0.5, 0.6) is 0 Å². The van der Waals surface area contributed by atoms with Crippen LogP contribution in [-0.2, 0) is 4.74 Å². The van der Waals surface area contributed by atoms with E-state index in [1.807, 2.05) is 0 Å². The molecule has 0 aliphatic carbocycles. The summed E-state index contributed by atoms with van der Waals surface area (Å²) in [4.78, 5) is 2.64. The summed E-state index contributed by atoms with van der Waals surface area (Å²) in [5.41, 5.74) is 0. The number of nitrogens with zero attached hydrogens (tertiary/aromatic N) is 1. The highest BCUT2D eigenvalue weighted by molar-refractivity contribution is 4.84. The third-order valence-electron chi connectivity index (χ3n) is 4.86. The smallest absolute Gasteiger partial charge is 0.0589 e. The van der Waals surface area contributed by atoms with Crippen LogP contribution < -0.4 is 5.32 Å². The number of unbranched alkanes of at least 4 members (excludes halogenated alkanes) is 1. The third-order valence-corrected chi connectivity index (χ3v) is 4.86. The lowest BCUT2D eigenvalue weighted by Crippen LogP contribution is -2.49. The molecule has 0 radical (unpaired) electrons. The molecule has 2 atom stereocenters. The predicted octanol–water partition coefficient (Wildman–Crippen LogP) is 3.19. The van der Waals surface area contributed by atoms with Crippen molar-refractivity contribution in [3.8, 4) is 0 Å². The summed E-state index contributed by atoms with van der Waals surface area (Å²) in [7, 11) is 0. The molecule has 2 fully saturated rings. The summed E-state index contributed by atoms with van der Waals surface area (Å²) in [6, 6.07) is 1.45. The molecule has 2 heterocycles. The topological polar surface area (TPSA) is 24.5 Å².